The van der Waals surface area contributed by atoms with Crippen molar-refractivity contribution in [3.05, 3.63) is 53.3 Å². The summed E-state index contributed by atoms with van der Waals surface area (Å²) in [5.41, 5.74) is -0.192. The van der Waals surface area contributed by atoms with Gasteiger partial charge in [0.2, 0.25) is 0 Å². The molecule has 0 spiro atoms. The molecule has 1 aliphatic heterocycles. The van der Waals surface area contributed by atoms with Gasteiger partial charge in [0.05, 0.1) is 30.2 Å². The predicted octanol–water partition coefficient (Wildman–Crippen LogP) is 3.71. The Labute approximate surface area is 173 Å². The number of nitrogens with one attached hydrogen (secondary N) is 1. The second-order valence-corrected chi connectivity index (χ2v) is 7.25. The molecule has 1 aromatic carbocycles. The molecule has 1 saturated heterocycles. The molecule has 0 radical (unpaired) electrons. The van der Waals surface area contributed by atoms with Gasteiger partial charge in [-0.25, -0.2) is 15.0 Å². The van der Waals surface area contributed by atoms with Crippen molar-refractivity contribution in [2.24, 2.45) is 0 Å². The summed E-state index contributed by atoms with van der Waals surface area (Å²) >= 11 is 1.18. The highest BCUT2D eigenvalue weighted by Crippen LogP contribution is 2.36. The summed E-state index contributed by atoms with van der Waals surface area (Å²) in [5.74, 6) is -0.239. The Kier molecular flexibility index (Phi) is 5.64. The highest BCUT2D eigenvalue weighted by atomic mass is 32.1. The number of thiazole rings is 1. The summed E-state index contributed by atoms with van der Waals surface area (Å²) in [7, 11) is 0. The molecule has 3 heterocycles. The lowest BCUT2D eigenvalue weighted by Crippen LogP contribution is -2.36. The topological polar surface area (TPSA) is 80.2 Å². The van der Waals surface area contributed by atoms with Crippen molar-refractivity contribution in [2.45, 2.75) is 6.18 Å². The first-order chi connectivity index (χ1) is 14.4. The van der Waals surface area contributed by atoms with Crippen molar-refractivity contribution < 1.29 is 22.7 Å². The molecule has 0 bridgehead atoms. The third kappa shape index (κ3) is 4.41. The minimum Gasteiger partial charge on any atom is -0.378 e. The Balaban J connectivity index is 1.62. The number of hydrogen-bond donors (Lipinski definition) is 1. The molecule has 11 heteroatoms. The van der Waals surface area contributed by atoms with Crippen LogP contribution < -0.4 is 10.2 Å². The normalized spacial score (nSPS) is 14.6. The molecule has 1 amide bonds. The zero-order valence-electron chi connectivity index (χ0n) is 15.5. The zero-order valence-corrected chi connectivity index (χ0v) is 16.3. The van der Waals surface area contributed by atoms with Crippen LogP contribution in [-0.4, -0.2) is 47.2 Å². The quantitative estimate of drug-likeness (QED) is 0.673. The minimum atomic E-state index is -4.53. The van der Waals surface area contributed by atoms with Gasteiger partial charge in [-0.2, -0.15) is 13.2 Å². The molecule has 1 N–H and O–H groups in total. The Hall–Kier alpha value is -3.05. The molecule has 3 aromatic rings. The standard InChI is InChI=1S/C19H16F3N5O2S/c20-19(21,22)12-2-3-15(27-6-8-29-9-7-27)13(10-12)25-17(28)14-11-30-18(26-14)16-23-4-1-5-24-16/h1-5,10-11H,6-9H2,(H,25,28). The van der Waals surface area contributed by atoms with Crippen LogP contribution in [0.4, 0.5) is 24.5 Å². The Bertz CT molecular complexity index is 1040. The number of hydrogen-bond acceptors (Lipinski definition) is 7. The number of benzene rings is 1. The van der Waals surface area contributed by atoms with E-state index in [1.807, 2.05) is 4.90 Å². The van der Waals surface area contributed by atoms with E-state index in [1.165, 1.54) is 22.8 Å². The van der Waals surface area contributed by atoms with Gasteiger partial charge in [-0.05, 0) is 24.3 Å². The second kappa shape index (κ2) is 8.36. The molecular weight excluding hydrogens is 419 g/mol. The fraction of sp³-hybridized carbons (Fsp3) is 0.263. The van der Waals surface area contributed by atoms with E-state index in [0.29, 0.717) is 42.8 Å². The Morgan fingerprint density at radius 3 is 2.60 bits per heavy atom. The number of aromatic nitrogens is 3. The maximum Gasteiger partial charge on any atom is 0.416 e. The van der Waals surface area contributed by atoms with Crippen LogP contribution in [0.2, 0.25) is 0 Å². The summed E-state index contributed by atoms with van der Waals surface area (Å²) in [6.07, 6.45) is -1.41. The first-order valence-corrected chi connectivity index (χ1v) is 9.88. The number of carbonyl (C=O) groups excluding carboxylic acids is 1. The van der Waals surface area contributed by atoms with Gasteiger partial charge in [-0.15, -0.1) is 11.3 Å². The van der Waals surface area contributed by atoms with E-state index in [9.17, 15) is 18.0 Å². The number of morpholine rings is 1. The molecule has 1 aliphatic rings. The minimum absolute atomic E-state index is 0.0715. The summed E-state index contributed by atoms with van der Waals surface area (Å²) in [6.45, 7) is 1.95. The molecule has 156 valence electrons. The largest absolute Gasteiger partial charge is 0.416 e. The SMILES string of the molecule is O=C(Nc1cc(C(F)(F)F)ccc1N1CCOCC1)c1csc(-c2ncccn2)n1. The monoisotopic (exact) mass is 435 g/mol. The summed E-state index contributed by atoms with van der Waals surface area (Å²) in [5, 5.41) is 4.54. The van der Waals surface area contributed by atoms with Crippen LogP contribution in [0.5, 0.6) is 0 Å². The lowest BCUT2D eigenvalue weighted by atomic mass is 10.1. The highest BCUT2D eigenvalue weighted by Gasteiger charge is 2.32. The van der Waals surface area contributed by atoms with E-state index < -0.39 is 17.6 Å². The van der Waals surface area contributed by atoms with Gasteiger partial charge in [0.15, 0.2) is 10.8 Å². The molecule has 7 nitrogen and oxygen atoms in total. The average molecular weight is 435 g/mol. The number of nitrogens with zero attached hydrogens (tertiary/aromatic N) is 4. The van der Waals surface area contributed by atoms with Gasteiger partial charge < -0.3 is 15.0 Å². The smallest absolute Gasteiger partial charge is 0.378 e. The number of alkyl halides is 3. The van der Waals surface area contributed by atoms with Crippen LogP contribution in [0.15, 0.2) is 42.0 Å². The number of amides is 1. The molecule has 1 fully saturated rings. The zero-order chi connectivity index (χ0) is 21.1. The van der Waals surface area contributed by atoms with Crippen molar-refractivity contribution in [2.75, 3.05) is 36.5 Å². The van der Waals surface area contributed by atoms with E-state index in [1.54, 1.807) is 18.5 Å². The van der Waals surface area contributed by atoms with E-state index >= 15 is 0 Å². The van der Waals surface area contributed by atoms with Gasteiger partial charge in [0.25, 0.3) is 5.91 Å². The molecule has 0 unspecified atom stereocenters. The van der Waals surface area contributed by atoms with Gasteiger partial charge in [-0.1, -0.05) is 0 Å². The van der Waals surface area contributed by atoms with Crippen LogP contribution in [0.3, 0.4) is 0 Å². The van der Waals surface area contributed by atoms with E-state index in [2.05, 4.69) is 20.3 Å². The molecule has 30 heavy (non-hydrogen) atoms. The summed E-state index contributed by atoms with van der Waals surface area (Å²) < 4.78 is 45.0. The third-order valence-corrected chi connectivity index (χ3v) is 5.26. The number of carbonyl (C=O) groups is 1. The predicted molar refractivity (Wildman–Crippen MR) is 106 cm³/mol. The summed E-state index contributed by atoms with van der Waals surface area (Å²) in [4.78, 5) is 27.0. The van der Waals surface area contributed by atoms with Crippen molar-refractivity contribution in [3.8, 4) is 10.8 Å². The maximum absolute atomic E-state index is 13.2. The molecule has 4 rings (SSSR count). The lowest BCUT2D eigenvalue weighted by Gasteiger charge is -2.31. The first kappa shape index (κ1) is 20.2. The Morgan fingerprint density at radius 1 is 1.17 bits per heavy atom. The first-order valence-electron chi connectivity index (χ1n) is 9.00. The molecule has 0 aliphatic carbocycles. The highest BCUT2D eigenvalue weighted by molar-refractivity contribution is 7.13. The molecule has 0 saturated carbocycles. The van der Waals surface area contributed by atoms with E-state index in [-0.39, 0.29) is 11.4 Å². The number of anilines is 2. The van der Waals surface area contributed by atoms with Crippen LogP contribution in [0.25, 0.3) is 10.8 Å². The van der Waals surface area contributed by atoms with Gasteiger partial charge in [0.1, 0.15) is 5.69 Å². The van der Waals surface area contributed by atoms with Gasteiger partial charge in [-0.3, -0.25) is 4.79 Å². The van der Waals surface area contributed by atoms with Gasteiger partial charge in [0, 0.05) is 30.9 Å². The Morgan fingerprint density at radius 2 is 1.90 bits per heavy atom. The molecule has 0 atom stereocenters. The second-order valence-electron chi connectivity index (χ2n) is 6.39. The number of ether oxygens (including phenoxy) is 1. The van der Waals surface area contributed by atoms with E-state index in [4.69, 9.17) is 4.74 Å². The number of halogens is 3. The van der Waals surface area contributed by atoms with E-state index in [0.717, 1.165) is 12.1 Å². The lowest BCUT2D eigenvalue weighted by molar-refractivity contribution is -0.137. The van der Waals surface area contributed by atoms with Gasteiger partial charge >= 0.3 is 6.18 Å². The van der Waals surface area contributed by atoms with Crippen molar-refractivity contribution in [1.82, 2.24) is 15.0 Å². The maximum atomic E-state index is 13.2. The fourth-order valence-electron chi connectivity index (χ4n) is 2.97. The third-order valence-electron chi connectivity index (χ3n) is 4.42. The van der Waals surface area contributed by atoms with Crippen molar-refractivity contribution in [1.29, 1.82) is 0 Å². The van der Waals surface area contributed by atoms with Crippen molar-refractivity contribution in [3.63, 3.8) is 0 Å². The summed E-state index contributed by atoms with van der Waals surface area (Å²) in [6, 6.07) is 4.98. The van der Waals surface area contributed by atoms with Crippen LogP contribution in [0, 0.1) is 0 Å². The number of rotatable bonds is 4. The van der Waals surface area contributed by atoms with Crippen LogP contribution in [0.1, 0.15) is 16.1 Å². The van der Waals surface area contributed by atoms with Crippen LogP contribution >= 0.6 is 11.3 Å². The van der Waals surface area contributed by atoms with Crippen LogP contribution in [-0.2, 0) is 10.9 Å². The molecule has 2 aromatic heterocycles. The molecular formula is C19H16F3N5O2S. The van der Waals surface area contributed by atoms with Crippen molar-refractivity contribution >= 4 is 28.6 Å². The average Bonchev–Trinajstić information content (AvgIpc) is 3.25. The fourth-order valence-corrected chi connectivity index (χ4v) is 3.71.